The fourth-order valence-corrected chi connectivity index (χ4v) is 2.80. The Morgan fingerprint density at radius 1 is 1.38 bits per heavy atom. The Kier molecular flexibility index (Phi) is 4.81. The van der Waals surface area contributed by atoms with Crippen molar-refractivity contribution in [3.63, 3.8) is 0 Å². The number of imidazole rings is 1. The first-order valence-corrected chi connectivity index (χ1v) is 8.09. The van der Waals surface area contributed by atoms with E-state index in [9.17, 15) is 8.42 Å². The van der Waals surface area contributed by atoms with Crippen molar-refractivity contribution < 1.29 is 13.2 Å². The number of aromatic amines is 1. The van der Waals surface area contributed by atoms with Crippen molar-refractivity contribution >= 4 is 15.7 Å². The van der Waals surface area contributed by atoms with E-state index in [1.165, 1.54) is 0 Å². The molecule has 0 saturated carbocycles. The molecule has 0 aliphatic heterocycles. The van der Waals surface area contributed by atoms with Crippen molar-refractivity contribution in [1.82, 2.24) is 14.7 Å². The van der Waals surface area contributed by atoms with Crippen LogP contribution in [0.3, 0.4) is 0 Å². The van der Waals surface area contributed by atoms with Gasteiger partial charge in [0.05, 0.1) is 11.8 Å². The minimum Gasteiger partial charge on any atom is -0.492 e. The molecule has 0 radical (unpaired) electrons. The highest BCUT2D eigenvalue weighted by atomic mass is 32.2. The van der Waals surface area contributed by atoms with Crippen molar-refractivity contribution in [2.45, 2.75) is 13.0 Å². The quantitative estimate of drug-likeness (QED) is 0.662. The fraction of sp³-hybridized carbons (Fsp3) is 0.308. The molecule has 1 heterocycles. The molecule has 1 atom stereocenters. The third kappa shape index (κ3) is 4.76. The highest BCUT2D eigenvalue weighted by molar-refractivity contribution is 7.89. The third-order valence-electron chi connectivity index (χ3n) is 2.79. The Balaban J connectivity index is 1.82. The number of sulfonamides is 1. The van der Waals surface area contributed by atoms with Crippen LogP contribution < -0.4 is 15.2 Å². The molecular formula is C13H18N4O3S. The van der Waals surface area contributed by atoms with Crippen molar-refractivity contribution in [2.24, 2.45) is 0 Å². The van der Waals surface area contributed by atoms with Crippen LogP contribution in [0.15, 0.2) is 36.7 Å². The first kappa shape index (κ1) is 15.3. The number of benzene rings is 1. The van der Waals surface area contributed by atoms with Crippen molar-refractivity contribution in [1.29, 1.82) is 0 Å². The Labute approximate surface area is 123 Å². The summed E-state index contributed by atoms with van der Waals surface area (Å²) in [6, 6.07) is 6.37. The molecule has 1 aromatic heterocycles. The third-order valence-corrected chi connectivity index (χ3v) is 4.20. The van der Waals surface area contributed by atoms with Gasteiger partial charge in [0.1, 0.15) is 18.2 Å². The standard InChI is InChI=1S/C13H18N4O3S/c1-10(13-15-6-7-16-13)17-21(18,19)9-8-20-12-4-2-11(14)3-5-12/h2-7,10,17H,8-9,14H2,1H3,(H,15,16). The second-order valence-electron chi connectivity index (χ2n) is 4.55. The molecule has 0 saturated heterocycles. The molecule has 2 rings (SSSR count). The molecule has 0 spiro atoms. The zero-order valence-electron chi connectivity index (χ0n) is 11.6. The molecule has 7 nitrogen and oxygen atoms in total. The zero-order valence-corrected chi connectivity index (χ0v) is 12.4. The van der Waals surface area contributed by atoms with Gasteiger partial charge in [0.15, 0.2) is 0 Å². The van der Waals surface area contributed by atoms with Crippen molar-refractivity contribution in [3.8, 4) is 5.75 Å². The van der Waals surface area contributed by atoms with Gasteiger partial charge in [-0.15, -0.1) is 0 Å². The Morgan fingerprint density at radius 3 is 2.71 bits per heavy atom. The number of hydrogen-bond donors (Lipinski definition) is 3. The van der Waals surface area contributed by atoms with Crippen LogP contribution in [0, 0.1) is 0 Å². The SMILES string of the molecule is CC(NS(=O)(=O)CCOc1ccc(N)cc1)c1ncc[nH]1. The lowest BCUT2D eigenvalue weighted by Crippen LogP contribution is -2.31. The molecule has 21 heavy (non-hydrogen) atoms. The van der Waals surface area contributed by atoms with Crippen molar-refractivity contribution in [3.05, 3.63) is 42.5 Å². The normalized spacial score (nSPS) is 13.0. The van der Waals surface area contributed by atoms with Gasteiger partial charge in [-0.05, 0) is 31.2 Å². The average Bonchev–Trinajstić information content (AvgIpc) is 2.94. The lowest BCUT2D eigenvalue weighted by Gasteiger charge is -2.12. The number of anilines is 1. The molecule has 1 aromatic carbocycles. The minimum absolute atomic E-state index is 0.0596. The van der Waals surface area contributed by atoms with E-state index in [4.69, 9.17) is 10.5 Å². The van der Waals surface area contributed by atoms with E-state index < -0.39 is 16.1 Å². The summed E-state index contributed by atoms with van der Waals surface area (Å²) in [6.07, 6.45) is 3.22. The summed E-state index contributed by atoms with van der Waals surface area (Å²) < 4.78 is 31.8. The highest BCUT2D eigenvalue weighted by Crippen LogP contribution is 2.13. The van der Waals surface area contributed by atoms with Crippen LogP contribution in [0.1, 0.15) is 18.8 Å². The van der Waals surface area contributed by atoms with Gasteiger partial charge in [-0.2, -0.15) is 0 Å². The molecule has 114 valence electrons. The topological polar surface area (TPSA) is 110 Å². The maximum absolute atomic E-state index is 11.9. The molecule has 0 aliphatic carbocycles. The minimum atomic E-state index is -3.44. The van der Waals surface area contributed by atoms with Crippen LogP contribution in [0.25, 0.3) is 0 Å². The summed E-state index contributed by atoms with van der Waals surface area (Å²) >= 11 is 0. The number of H-pyrrole nitrogens is 1. The smallest absolute Gasteiger partial charge is 0.215 e. The van der Waals surface area contributed by atoms with Crippen LogP contribution in [0.4, 0.5) is 5.69 Å². The molecule has 0 bridgehead atoms. The maximum atomic E-state index is 11.9. The first-order chi connectivity index (χ1) is 9.96. The predicted octanol–water partition coefficient (Wildman–Crippen LogP) is 1.05. The van der Waals surface area contributed by atoms with E-state index in [2.05, 4.69) is 14.7 Å². The van der Waals surface area contributed by atoms with Crippen LogP contribution in [-0.2, 0) is 10.0 Å². The summed E-state index contributed by atoms with van der Waals surface area (Å²) in [6.45, 7) is 1.78. The van der Waals surface area contributed by atoms with Gasteiger partial charge < -0.3 is 15.5 Å². The number of ether oxygens (including phenoxy) is 1. The van der Waals surface area contributed by atoms with Crippen LogP contribution >= 0.6 is 0 Å². The summed E-state index contributed by atoms with van der Waals surface area (Å²) in [4.78, 5) is 6.88. The second kappa shape index (κ2) is 6.59. The number of aromatic nitrogens is 2. The summed E-state index contributed by atoms with van der Waals surface area (Å²) in [7, 11) is -3.44. The van der Waals surface area contributed by atoms with Crippen LogP contribution in [0.5, 0.6) is 5.75 Å². The fourth-order valence-electron chi connectivity index (χ4n) is 1.73. The molecule has 1 unspecified atom stereocenters. The maximum Gasteiger partial charge on any atom is 0.215 e. The van der Waals surface area contributed by atoms with E-state index in [1.807, 2.05) is 0 Å². The summed E-state index contributed by atoms with van der Waals surface area (Å²) in [5, 5.41) is 0. The number of nitrogens with zero attached hydrogens (tertiary/aromatic N) is 1. The number of hydrogen-bond acceptors (Lipinski definition) is 5. The van der Waals surface area contributed by atoms with Gasteiger partial charge in [-0.1, -0.05) is 0 Å². The monoisotopic (exact) mass is 310 g/mol. The average molecular weight is 310 g/mol. The van der Waals surface area contributed by atoms with Gasteiger partial charge >= 0.3 is 0 Å². The van der Waals surface area contributed by atoms with Gasteiger partial charge in [0, 0.05) is 18.1 Å². The van der Waals surface area contributed by atoms with E-state index in [-0.39, 0.29) is 12.4 Å². The number of rotatable bonds is 7. The largest absolute Gasteiger partial charge is 0.492 e. The Bertz CT molecular complexity index is 653. The molecule has 4 N–H and O–H groups in total. The Hall–Kier alpha value is -2.06. The van der Waals surface area contributed by atoms with Crippen molar-refractivity contribution in [2.75, 3.05) is 18.1 Å². The molecular weight excluding hydrogens is 292 g/mol. The molecule has 0 fully saturated rings. The lowest BCUT2D eigenvalue weighted by molar-refractivity contribution is 0.340. The summed E-state index contributed by atoms with van der Waals surface area (Å²) in [5.74, 6) is 1.01. The highest BCUT2D eigenvalue weighted by Gasteiger charge is 2.17. The second-order valence-corrected chi connectivity index (χ2v) is 6.42. The van der Waals surface area contributed by atoms with Gasteiger partial charge in [-0.3, -0.25) is 0 Å². The molecule has 8 heteroatoms. The van der Waals surface area contributed by atoms with Gasteiger partial charge in [-0.25, -0.2) is 18.1 Å². The van der Waals surface area contributed by atoms with Gasteiger partial charge in [0.25, 0.3) is 0 Å². The van der Waals surface area contributed by atoms with E-state index >= 15 is 0 Å². The Morgan fingerprint density at radius 2 is 2.10 bits per heavy atom. The van der Waals surface area contributed by atoms with Gasteiger partial charge in [0.2, 0.25) is 10.0 Å². The van der Waals surface area contributed by atoms with Crippen LogP contribution in [-0.4, -0.2) is 30.7 Å². The first-order valence-electron chi connectivity index (χ1n) is 6.44. The van der Waals surface area contributed by atoms with Crippen LogP contribution in [0.2, 0.25) is 0 Å². The predicted molar refractivity (Wildman–Crippen MR) is 80.3 cm³/mol. The van der Waals surface area contributed by atoms with E-state index in [0.29, 0.717) is 17.3 Å². The number of nitrogens with two attached hydrogens (primary N) is 1. The summed E-state index contributed by atoms with van der Waals surface area (Å²) in [5.41, 5.74) is 6.18. The number of nitrogen functional groups attached to an aromatic ring is 1. The van der Waals surface area contributed by atoms with E-state index in [1.54, 1.807) is 43.6 Å². The molecule has 0 amide bonds. The molecule has 0 aliphatic rings. The van der Waals surface area contributed by atoms with E-state index in [0.717, 1.165) is 0 Å². The lowest BCUT2D eigenvalue weighted by atomic mass is 10.3. The zero-order chi connectivity index (χ0) is 15.3. The molecule has 2 aromatic rings. The number of nitrogens with one attached hydrogen (secondary N) is 2.